The van der Waals surface area contributed by atoms with Crippen molar-refractivity contribution < 1.29 is 14.7 Å². The smallest absolute Gasteiger partial charge is 0.305 e. The van der Waals surface area contributed by atoms with Crippen LogP contribution in [0.3, 0.4) is 0 Å². The van der Waals surface area contributed by atoms with Crippen molar-refractivity contribution in [2.24, 2.45) is 5.92 Å². The average molecular weight is 508 g/mol. The Morgan fingerprint density at radius 3 is 2.42 bits per heavy atom. The molecule has 3 rings (SSSR count). The van der Waals surface area contributed by atoms with Crippen LogP contribution in [0.2, 0.25) is 0 Å². The molecule has 1 atom stereocenters. The fraction of sp³-hybridized carbons (Fsp3) is 0.414. The van der Waals surface area contributed by atoms with Gasteiger partial charge in [0.05, 0.1) is 12.1 Å². The topological polar surface area (TPSA) is 82.5 Å². The number of nitrogens with zero attached hydrogens (tertiary/aromatic N) is 2. The lowest BCUT2D eigenvalue weighted by atomic mass is 10.0. The number of anilines is 1. The van der Waals surface area contributed by atoms with Gasteiger partial charge in [-0.3, -0.25) is 9.59 Å². The van der Waals surface area contributed by atoms with Gasteiger partial charge in [0.15, 0.2) is 5.13 Å². The number of aromatic nitrogens is 1. The molecule has 2 N–H and O–H groups in total. The van der Waals surface area contributed by atoms with Crippen molar-refractivity contribution in [3.8, 4) is 11.3 Å². The zero-order valence-electron chi connectivity index (χ0n) is 21.9. The number of aryl methyl sites for hydroxylation is 2. The van der Waals surface area contributed by atoms with Crippen LogP contribution in [-0.4, -0.2) is 34.6 Å². The Bertz CT molecular complexity index is 1170. The van der Waals surface area contributed by atoms with E-state index < -0.39 is 5.97 Å². The summed E-state index contributed by atoms with van der Waals surface area (Å²) in [5, 5.41) is 14.5. The van der Waals surface area contributed by atoms with E-state index in [9.17, 15) is 9.59 Å². The molecule has 3 aromatic rings. The summed E-state index contributed by atoms with van der Waals surface area (Å²) in [5.41, 5.74) is 6.25. The van der Waals surface area contributed by atoms with E-state index in [1.807, 2.05) is 12.1 Å². The summed E-state index contributed by atoms with van der Waals surface area (Å²) in [7, 11) is 0. The van der Waals surface area contributed by atoms with Gasteiger partial charge >= 0.3 is 5.97 Å². The van der Waals surface area contributed by atoms with Crippen molar-refractivity contribution in [1.29, 1.82) is 0 Å². The monoisotopic (exact) mass is 507 g/mol. The maximum absolute atomic E-state index is 12.3. The van der Waals surface area contributed by atoms with Crippen LogP contribution in [0.4, 0.5) is 5.13 Å². The molecule has 36 heavy (non-hydrogen) atoms. The molecule has 1 unspecified atom stereocenters. The Balaban J connectivity index is 1.79. The highest BCUT2D eigenvalue weighted by Crippen LogP contribution is 2.32. The van der Waals surface area contributed by atoms with Gasteiger partial charge in [0.2, 0.25) is 0 Å². The average Bonchev–Trinajstić information content (AvgIpc) is 3.30. The number of hydrogen-bond acceptors (Lipinski definition) is 5. The summed E-state index contributed by atoms with van der Waals surface area (Å²) in [6.07, 6.45) is 2.12. The summed E-state index contributed by atoms with van der Waals surface area (Å²) < 4.78 is 0. The Labute approximate surface area is 218 Å². The fourth-order valence-electron chi connectivity index (χ4n) is 4.11. The molecule has 7 heteroatoms. The number of hydrogen-bond donors (Lipinski definition) is 2. The second-order valence-corrected chi connectivity index (χ2v) is 10.7. The molecule has 0 aliphatic rings. The molecule has 0 bridgehead atoms. The van der Waals surface area contributed by atoms with E-state index in [0.717, 1.165) is 34.8 Å². The van der Waals surface area contributed by atoms with Crippen molar-refractivity contribution in [1.82, 2.24) is 10.3 Å². The third-order valence-corrected chi connectivity index (χ3v) is 7.16. The minimum absolute atomic E-state index is 0.0923. The van der Waals surface area contributed by atoms with Crippen molar-refractivity contribution >= 4 is 28.3 Å². The van der Waals surface area contributed by atoms with Gasteiger partial charge < -0.3 is 15.3 Å². The molecular formula is C29H37N3O3S. The third-order valence-electron chi connectivity index (χ3n) is 6.28. The molecular weight excluding hydrogens is 470 g/mol. The molecule has 192 valence electrons. The summed E-state index contributed by atoms with van der Waals surface area (Å²) in [6.45, 7) is 11.8. The highest BCUT2D eigenvalue weighted by atomic mass is 32.1. The number of amides is 1. The number of benzene rings is 2. The number of carboxylic acid groups (broad SMARTS) is 1. The number of carbonyl (C=O) groups is 2. The molecule has 1 heterocycles. The van der Waals surface area contributed by atoms with Crippen LogP contribution in [0, 0.1) is 19.8 Å². The molecule has 0 spiro atoms. The van der Waals surface area contributed by atoms with Crippen LogP contribution in [0.5, 0.6) is 0 Å². The Kier molecular flexibility index (Phi) is 9.65. The van der Waals surface area contributed by atoms with E-state index in [2.05, 4.69) is 68.4 Å². The summed E-state index contributed by atoms with van der Waals surface area (Å²) >= 11 is 1.67. The van der Waals surface area contributed by atoms with E-state index in [-0.39, 0.29) is 18.9 Å². The zero-order valence-corrected chi connectivity index (χ0v) is 22.7. The number of carbonyl (C=O) groups excluding carboxylic acids is 1. The minimum atomic E-state index is -0.930. The van der Waals surface area contributed by atoms with Gasteiger partial charge in [0.1, 0.15) is 0 Å². The van der Waals surface area contributed by atoms with Crippen molar-refractivity contribution in [3.05, 3.63) is 70.1 Å². The minimum Gasteiger partial charge on any atom is -0.481 e. The summed E-state index contributed by atoms with van der Waals surface area (Å²) in [5.74, 6) is -0.557. The Hall–Kier alpha value is -3.19. The first-order valence-electron chi connectivity index (χ1n) is 12.5. The van der Waals surface area contributed by atoms with E-state index in [4.69, 9.17) is 10.1 Å². The molecule has 2 aromatic carbocycles. The van der Waals surface area contributed by atoms with Crippen molar-refractivity contribution in [3.63, 3.8) is 0 Å². The molecule has 0 aliphatic carbocycles. The largest absolute Gasteiger partial charge is 0.481 e. The van der Waals surface area contributed by atoms with Gasteiger partial charge in [0.25, 0.3) is 5.91 Å². The fourth-order valence-corrected chi connectivity index (χ4v) is 5.03. The summed E-state index contributed by atoms with van der Waals surface area (Å²) in [4.78, 5) is 30.4. The lowest BCUT2D eigenvalue weighted by molar-refractivity contribution is -0.136. The molecule has 0 saturated carbocycles. The van der Waals surface area contributed by atoms with Gasteiger partial charge in [-0.15, -0.1) is 11.3 Å². The second kappa shape index (κ2) is 12.7. The van der Waals surface area contributed by atoms with E-state index in [1.54, 1.807) is 23.5 Å². The number of rotatable bonds is 12. The normalized spacial score (nSPS) is 11.9. The van der Waals surface area contributed by atoms with E-state index in [1.165, 1.54) is 11.1 Å². The second-order valence-electron chi connectivity index (χ2n) is 9.88. The molecule has 1 amide bonds. The highest BCUT2D eigenvalue weighted by Gasteiger charge is 2.20. The van der Waals surface area contributed by atoms with Crippen LogP contribution in [0.1, 0.15) is 67.1 Å². The zero-order chi connectivity index (χ0) is 26.2. The van der Waals surface area contributed by atoms with Crippen LogP contribution in [0.25, 0.3) is 11.3 Å². The van der Waals surface area contributed by atoms with Crippen molar-refractivity contribution in [2.45, 2.75) is 66.5 Å². The number of carboxylic acids is 1. The van der Waals surface area contributed by atoms with Crippen LogP contribution in [0.15, 0.2) is 47.8 Å². The first-order chi connectivity index (χ1) is 17.1. The number of nitrogens with one attached hydrogen (secondary N) is 1. The van der Waals surface area contributed by atoms with Gasteiger partial charge in [-0.1, -0.05) is 49.7 Å². The standard InChI is InChI=1S/C29H37N3O3S/c1-19(2)6-8-22(5)32(29-31-26(18-36-29)25-13-7-20(3)16-21(25)4)17-23-9-11-24(12-10-23)28(35)30-15-14-27(33)34/h7,9-13,16,18-19,22H,6,8,14-15,17H2,1-5H3,(H,30,35)(H,33,34). The predicted molar refractivity (Wildman–Crippen MR) is 148 cm³/mol. The van der Waals surface area contributed by atoms with Crippen LogP contribution < -0.4 is 10.2 Å². The lowest BCUT2D eigenvalue weighted by Crippen LogP contribution is -2.33. The Morgan fingerprint density at radius 2 is 1.78 bits per heavy atom. The summed E-state index contributed by atoms with van der Waals surface area (Å²) in [6, 6.07) is 14.3. The van der Waals surface area contributed by atoms with Crippen molar-refractivity contribution in [2.75, 3.05) is 11.4 Å². The maximum Gasteiger partial charge on any atom is 0.305 e. The maximum atomic E-state index is 12.3. The molecule has 0 saturated heterocycles. The first kappa shape index (κ1) is 27.4. The van der Waals surface area contributed by atoms with Gasteiger partial charge in [-0.2, -0.15) is 0 Å². The van der Waals surface area contributed by atoms with Gasteiger partial charge in [0, 0.05) is 35.6 Å². The first-order valence-corrected chi connectivity index (χ1v) is 13.4. The van der Waals surface area contributed by atoms with Crippen LogP contribution in [-0.2, 0) is 11.3 Å². The molecule has 0 aliphatic heterocycles. The van der Waals surface area contributed by atoms with Crippen LogP contribution >= 0.6 is 11.3 Å². The molecule has 0 fully saturated rings. The number of aliphatic carboxylic acids is 1. The van der Waals surface area contributed by atoms with Gasteiger partial charge in [-0.05, 0) is 62.8 Å². The SMILES string of the molecule is Cc1ccc(-c2csc(N(Cc3ccc(C(=O)NCCC(=O)O)cc3)C(C)CCC(C)C)n2)c(C)c1. The third kappa shape index (κ3) is 7.65. The molecule has 1 aromatic heterocycles. The highest BCUT2D eigenvalue weighted by molar-refractivity contribution is 7.14. The molecule has 0 radical (unpaired) electrons. The Morgan fingerprint density at radius 1 is 1.06 bits per heavy atom. The van der Waals surface area contributed by atoms with E-state index >= 15 is 0 Å². The number of thiazole rings is 1. The lowest BCUT2D eigenvalue weighted by Gasteiger charge is -2.29. The quantitative estimate of drug-likeness (QED) is 0.294. The molecule has 6 nitrogen and oxygen atoms in total. The van der Waals surface area contributed by atoms with Gasteiger partial charge in [-0.25, -0.2) is 4.98 Å². The van der Waals surface area contributed by atoms with E-state index in [0.29, 0.717) is 24.1 Å². The predicted octanol–water partition coefficient (Wildman–Crippen LogP) is 6.46.